The zero-order valence-corrected chi connectivity index (χ0v) is 17.6. The van der Waals surface area contributed by atoms with Crippen LogP contribution in [0.3, 0.4) is 0 Å². The molecule has 0 spiro atoms. The van der Waals surface area contributed by atoms with E-state index in [1.165, 1.54) is 5.56 Å². The lowest BCUT2D eigenvalue weighted by atomic mass is 9.99. The molecule has 1 atom stereocenters. The van der Waals surface area contributed by atoms with Crippen molar-refractivity contribution in [2.75, 3.05) is 32.7 Å². The highest BCUT2D eigenvalue weighted by molar-refractivity contribution is 5.98. The van der Waals surface area contributed by atoms with Crippen LogP contribution in [0.2, 0.25) is 0 Å². The molecule has 0 saturated carbocycles. The van der Waals surface area contributed by atoms with Crippen molar-refractivity contribution < 1.29 is 9.59 Å². The van der Waals surface area contributed by atoms with Crippen LogP contribution in [0.4, 0.5) is 0 Å². The number of carbonyl (C=O) groups excluding carboxylic acids is 2. The first-order valence-corrected chi connectivity index (χ1v) is 10.6. The summed E-state index contributed by atoms with van der Waals surface area (Å²) in [5.74, 6) is 0.0166. The molecule has 5 heteroatoms. The van der Waals surface area contributed by atoms with Gasteiger partial charge in [0.25, 0.3) is 11.8 Å². The summed E-state index contributed by atoms with van der Waals surface area (Å²) in [6.07, 6.45) is 1.00. The smallest absolute Gasteiger partial charge is 0.254 e. The molecule has 1 unspecified atom stereocenters. The summed E-state index contributed by atoms with van der Waals surface area (Å²) in [4.78, 5) is 29.5. The van der Waals surface area contributed by atoms with Crippen molar-refractivity contribution >= 4 is 11.8 Å². The Morgan fingerprint density at radius 3 is 2.17 bits per heavy atom. The second kappa shape index (κ2) is 9.70. The first-order valence-electron chi connectivity index (χ1n) is 10.6. The third-order valence-corrected chi connectivity index (χ3v) is 5.71. The van der Waals surface area contributed by atoms with Crippen LogP contribution in [-0.4, -0.2) is 54.3 Å². The maximum absolute atomic E-state index is 13.2. The van der Waals surface area contributed by atoms with Gasteiger partial charge in [0.2, 0.25) is 0 Å². The highest BCUT2D eigenvalue weighted by atomic mass is 16.2. The van der Waals surface area contributed by atoms with Crippen LogP contribution in [0.25, 0.3) is 0 Å². The van der Waals surface area contributed by atoms with Gasteiger partial charge in [0.1, 0.15) is 0 Å². The van der Waals surface area contributed by atoms with Crippen LogP contribution >= 0.6 is 0 Å². The fraction of sp³-hybridized carbons (Fsp3) is 0.417. The van der Waals surface area contributed by atoms with Crippen molar-refractivity contribution in [3.63, 3.8) is 0 Å². The summed E-state index contributed by atoms with van der Waals surface area (Å²) in [6.45, 7) is 9.63. The molecule has 2 aromatic rings. The molecule has 0 aliphatic carbocycles. The highest BCUT2D eigenvalue weighted by Gasteiger charge is 2.28. The number of aryl methyl sites for hydroxylation is 1. The molecule has 29 heavy (non-hydrogen) atoms. The summed E-state index contributed by atoms with van der Waals surface area (Å²) in [6, 6.07) is 15.6. The first kappa shape index (κ1) is 21.1. The third-order valence-electron chi connectivity index (χ3n) is 5.71. The largest absolute Gasteiger partial charge is 0.339 e. The Morgan fingerprint density at radius 2 is 1.59 bits per heavy atom. The maximum atomic E-state index is 13.2. The summed E-state index contributed by atoms with van der Waals surface area (Å²) in [5.41, 5.74) is 3.69. The summed E-state index contributed by atoms with van der Waals surface area (Å²) >= 11 is 0. The van der Waals surface area contributed by atoms with Crippen molar-refractivity contribution in [2.45, 2.75) is 33.2 Å². The molecule has 2 amide bonds. The molecule has 154 valence electrons. The molecular weight excluding hydrogens is 362 g/mol. The van der Waals surface area contributed by atoms with Crippen LogP contribution in [-0.2, 0) is 6.42 Å². The molecule has 1 heterocycles. The van der Waals surface area contributed by atoms with Gasteiger partial charge in [-0.1, -0.05) is 31.2 Å². The summed E-state index contributed by atoms with van der Waals surface area (Å²) in [5, 5.41) is 3.40. The van der Waals surface area contributed by atoms with Crippen LogP contribution < -0.4 is 5.32 Å². The van der Waals surface area contributed by atoms with Crippen molar-refractivity contribution in [3.05, 3.63) is 70.8 Å². The maximum Gasteiger partial charge on any atom is 0.254 e. The minimum atomic E-state index is 0.00469. The fourth-order valence-corrected chi connectivity index (χ4v) is 3.84. The van der Waals surface area contributed by atoms with E-state index in [2.05, 4.69) is 36.5 Å². The Balaban J connectivity index is 1.79. The van der Waals surface area contributed by atoms with Gasteiger partial charge in [-0.3, -0.25) is 9.59 Å². The lowest BCUT2D eigenvalue weighted by molar-refractivity contribution is 0.0633. The lowest BCUT2D eigenvalue weighted by Crippen LogP contribution is -2.48. The molecule has 1 aliphatic heterocycles. The normalized spacial score (nSPS) is 16.5. The van der Waals surface area contributed by atoms with E-state index in [1.807, 2.05) is 18.7 Å². The molecule has 1 N–H and O–H groups in total. The average Bonchev–Trinajstić information content (AvgIpc) is 2.79. The Kier molecular flexibility index (Phi) is 7.04. The summed E-state index contributed by atoms with van der Waals surface area (Å²) < 4.78 is 0. The molecule has 3 rings (SSSR count). The quantitative estimate of drug-likeness (QED) is 0.817. The molecule has 0 aromatic heterocycles. The second-order valence-electron chi connectivity index (χ2n) is 7.37. The van der Waals surface area contributed by atoms with Gasteiger partial charge in [-0.15, -0.1) is 0 Å². The number of hydrogen-bond acceptors (Lipinski definition) is 3. The Bertz CT molecular complexity index is 826. The van der Waals surface area contributed by atoms with Gasteiger partial charge >= 0.3 is 0 Å². The first-order chi connectivity index (χ1) is 14.1. The van der Waals surface area contributed by atoms with Crippen molar-refractivity contribution in [3.8, 4) is 0 Å². The number of benzene rings is 2. The number of nitrogens with one attached hydrogen (secondary N) is 1. The van der Waals surface area contributed by atoms with Gasteiger partial charge in [0, 0.05) is 43.9 Å². The number of hydrogen-bond donors (Lipinski definition) is 1. The highest BCUT2D eigenvalue weighted by Crippen LogP contribution is 2.25. The van der Waals surface area contributed by atoms with Crippen molar-refractivity contribution in [1.29, 1.82) is 0 Å². The zero-order valence-electron chi connectivity index (χ0n) is 17.6. The third kappa shape index (κ3) is 4.67. The molecule has 0 radical (unpaired) electrons. The Hall–Kier alpha value is -2.66. The number of carbonyl (C=O) groups is 2. The number of piperazine rings is 1. The molecule has 1 saturated heterocycles. The predicted molar refractivity (Wildman–Crippen MR) is 116 cm³/mol. The van der Waals surface area contributed by atoms with E-state index in [4.69, 9.17) is 0 Å². The Morgan fingerprint density at radius 1 is 0.966 bits per heavy atom. The molecule has 1 fully saturated rings. The van der Waals surface area contributed by atoms with Crippen LogP contribution in [0.5, 0.6) is 0 Å². The zero-order chi connectivity index (χ0) is 20.8. The van der Waals surface area contributed by atoms with Gasteiger partial charge < -0.3 is 15.1 Å². The number of amides is 2. The van der Waals surface area contributed by atoms with Gasteiger partial charge in [-0.05, 0) is 55.7 Å². The van der Waals surface area contributed by atoms with E-state index >= 15 is 0 Å². The van der Waals surface area contributed by atoms with Crippen LogP contribution in [0, 0.1) is 0 Å². The molecule has 2 aromatic carbocycles. The van der Waals surface area contributed by atoms with E-state index in [0.29, 0.717) is 30.8 Å². The van der Waals surface area contributed by atoms with E-state index < -0.39 is 0 Å². The number of rotatable bonds is 6. The lowest BCUT2D eigenvalue weighted by Gasteiger charge is -2.36. The van der Waals surface area contributed by atoms with E-state index in [1.54, 1.807) is 29.2 Å². The molecular formula is C24H31N3O2. The minimum absolute atomic E-state index is 0.00469. The predicted octanol–water partition coefficient (Wildman–Crippen LogP) is 3.52. The van der Waals surface area contributed by atoms with Crippen molar-refractivity contribution in [2.24, 2.45) is 0 Å². The topological polar surface area (TPSA) is 52.7 Å². The Labute approximate surface area is 173 Å². The van der Waals surface area contributed by atoms with Gasteiger partial charge in [0.05, 0.1) is 6.04 Å². The SMILES string of the molecule is CCc1ccc(C2CNCCN2C(=O)c2ccc(C(=O)N(CC)CC)cc2)cc1. The van der Waals surface area contributed by atoms with Gasteiger partial charge in [0.15, 0.2) is 0 Å². The van der Waals surface area contributed by atoms with E-state index in [0.717, 1.165) is 25.1 Å². The van der Waals surface area contributed by atoms with Gasteiger partial charge in [-0.2, -0.15) is 0 Å². The summed E-state index contributed by atoms with van der Waals surface area (Å²) in [7, 11) is 0. The standard InChI is InChI=1S/C24H31N3O2/c1-4-18-7-9-19(10-8-18)22-17-25-15-16-27(22)24(29)21-13-11-20(12-14-21)23(28)26(5-2)6-3/h7-14,22,25H,4-6,15-17H2,1-3H3. The fourth-order valence-electron chi connectivity index (χ4n) is 3.84. The van der Waals surface area contributed by atoms with Gasteiger partial charge in [-0.25, -0.2) is 0 Å². The molecule has 5 nitrogen and oxygen atoms in total. The van der Waals surface area contributed by atoms with E-state index in [9.17, 15) is 9.59 Å². The molecule has 0 bridgehead atoms. The minimum Gasteiger partial charge on any atom is -0.339 e. The number of nitrogens with zero attached hydrogens (tertiary/aromatic N) is 2. The molecule has 1 aliphatic rings. The van der Waals surface area contributed by atoms with E-state index in [-0.39, 0.29) is 17.9 Å². The monoisotopic (exact) mass is 393 g/mol. The van der Waals surface area contributed by atoms with Crippen LogP contribution in [0.1, 0.15) is 58.7 Å². The second-order valence-corrected chi connectivity index (χ2v) is 7.37. The van der Waals surface area contributed by atoms with Crippen molar-refractivity contribution in [1.82, 2.24) is 15.1 Å². The van der Waals surface area contributed by atoms with Crippen LogP contribution in [0.15, 0.2) is 48.5 Å². The average molecular weight is 394 g/mol.